The van der Waals surface area contributed by atoms with Gasteiger partial charge in [-0.15, -0.1) is 0 Å². The molecule has 0 radical (unpaired) electrons. The molecular formula is C41H30N2. The van der Waals surface area contributed by atoms with E-state index < -0.39 is 0 Å². The smallest absolute Gasteiger partial charge is 0.0548 e. The second-order valence-electron chi connectivity index (χ2n) is 12.2. The van der Waals surface area contributed by atoms with E-state index in [1.165, 1.54) is 77.5 Å². The first-order chi connectivity index (χ1) is 21.1. The van der Waals surface area contributed by atoms with Gasteiger partial charge in [-0.3, -0.25) is 0 Å². The number of rotatable bonds is 3. The summed E-state index contributed by atoms with van der Waals surface area (Å²) in [5, 5.41) is 3.85. The lowest BCUT2D eigenvalue weighted by Crippen LogP contribution is -2.14. The summed E-state index contributed by atoms with van der Waals surface area (Å²) in [6, 6.07) is 51.1. The largest absolute Gasteiger partial charge is 0.317 e. The molecule has 0 unspecified atom stereocenters. The molecule has 9 rings (SSSR count). The number of aromatic nitrogens is 2. The molecule has 0 saturated heterocycles. The number of para-hydroxylation sites is 2. The molecule has 0 amide bonds. The van der Waals surface area contributed by atoms with Gasteiger partial charge in [0.05, 0.1) is 16.6 Å². The highest BCUT2D eigenvalue weighted by Gasteiger charge is 2.35. The Labute approximate surface area is 251 Å². The highest BCUT2D eigenvalue weighted by molar-refractivity contribution is 6.21. The molecule has 2 aromatic heterocycles. The van der Waals surface area contributed by atoms with Crippen LogP contribution in [0.25, 0.3) is 66.3 Å². The second-order valence-corrected chi connectivity index (χ2v) is 12.2. The standard InChI is InChI=1S/C41H30N2/c1-41(2)35-14-8-6-12-31(35)32-21-18-28(26-36(32)41)27-16-19-30(20-17-27)43-38-15-9-7-13-33(38)40-34-24-25-42(29-10-4-3-5-11-29)37(34)22-23-39(40)43/h3-26H,1-2H3. The van der Waals surface area contributed by atoms with Crippen molar-refractivity contribution in [1.29, 1.82) is 0 Å². The van der Waals surface area contributed by atoms with Crippen molar-refractivity contribution in [2.75, 3.05) is 0 Å². The zero-order chi connectivity index (χ0) is 28.7. The molecule has 2 nitrogen and oxygen atoms in total. The zero-order valence-corrected chi connectivity index (χ0v) is 24.3. The summed E-state index contributed by atoms with van der Waals surface area (Å²) >= 11 is 0. The third kappa shape index (κ3) is 3.41. The Morgan fingerprint density at radius 1 is 0.465 bits per heavy atom. The molecule has 1 aliphatic rings. The van der Waals surface area contributed by atoms with Gasteiger partial charge in [-0.05, 0) is 88.0 Å². The molecule has 0 N–H and O–H groups in total. The van der Waals surface area contributed by atoms with Crippen LogP contribution in [0.5, 0.6) is 0 Å². The molecule has 0 bridgehead atoms. The Kier molecular flexibility index (Phi) is 4.99. The molecule has 204 valence electrons. The van der Waals surface area contributed by atoms with Crippen molar-refractivity contribution in [3.8, 4) is 33.6 Å². The Bertz CT molecular complexity index is 2350. The minimum atomic E-state index is -0.00432. The minimum absolute atomic E-state index is 0.00432. The Hall–Kier alpha value is -5.34. The minimum Gasteiger partial charge on any atom is -0.317 e. The number of hydrogen-bond donors (Lipinski definition) is 0. The van der Waals surface area contributed by atoms with Crippen LogP contribution < -0.4 is 0 Å². The van der Waals surface area contributed by atoms with Crippen molar-refractivity contribution < 1.29 is 0 Å². The van der Waals surface area contributed by atoms with Crippen molar-refractivity contribution in [3.63, 3.8) is 0 Å². The quantitative estimate of drug-likeness (QED) is 0.207. The van der Waals surface area contributed by atoms with Crippen LogP contribution in [0.1, 0.15) is 25.0 Å². The number of fused-ring (bicyclic) bond motifs is 8. The normalized spacial score (nSPS) is 13.5. The number of nitrogens with zero attached hydrogens (tertiary/aromatic N) is 2. The maximum Gasteiger partial charge on any atom is 0.0548 e. The molecule has 0 spiro atoms. The Morgan fingerprint density at radius 3 is 2.00 bits per heavy atom. The first kappa shape index (κ1) is 24.3. The lowest BCUT2D eigenvalue weighted by molar-refractivity contribution is 0.660. The van der Waals surface area contributed by atoms with Gasteiger partial charge in [0.25, 0.3) is 0 Å². The highest BCUT2D eigenvalue weighted by Crippen LogP contribution is 2.49. The van der Waals surface area contributed by atoms with Gasteiger partial charge in [0.15, 0.2) is 0 Å². The maximum atomic E-state index is 2.41. The fourth-order valence-corrected chi connectivity index (χ4v) is 7.46. The predicted octanol–water partition coefficient (Wildman–Crippen LogP) is 10.7. The lowest BCUT2D eigenvalue weighted by atomic mass is 9.81. The molecule has 1 aliphatic carbocycles. The fraction of sp³-hybridized carbons (Fsp3) is 0.0732. The molecule has 0 atom stereocenters. The number of benzene rings is 6. The van der Waals surface area contributed by atoms with Gasteiger partial charge < -0.3 is 9.13 Å². The van der Waals surface area contributed by atoms with Crippen molar-refractivity contribution >= 4 is 32.7 Å². The molecule has 0 saturated carbocycles. The van der Waals surface area contributed by atoms with Gasteiger partial charge in [0.2, 0.25) is 0 Å². The van der Waals surface area contributed by atoms with Crippen LogP contribution in [0.3, 0.4) is 0 Å². The summed E-state index contributed by atoms with van der Waals surface area (Å²) in [5.41, 5.74) is 14.1. The van der Waals surface area contributed by atoms with Crippen LogP contribution in [0.4, 0.5) is 0 Å². The lowest BCUT2D eigenvalue weighted by Gasteiger charge is -2.22. The first-order valence-corrected chi connectivity index (χ1v) is 15.0. The average Bonchev–Trinajstić information content (AvgIpc) is 3.70. The average molecular weight is 551 g/mol. The van der Waals surface area contributed by atoms with E-state index in [9.17, 15) is 0 Å². The van der Waals surface area contributed by atoms with E-state index in [2.05, 4.69) is 169 Å². The van der Waals surface area contributed by atoms with Crippen molar-refractivity contribution in [2.24, 2.45) is 0 Å². The van der Waals surface area contributed by atoms with E-state index in [1.807, 2.05) is 0 Å². The van der Waals surface area contributed by atoms with E-state index in [-0.39, 0.29) is 5.41 Å². The van der Waals surface area contributed by atoms with Gasteiger partial charge in [-0.1, -0.05) is 98.8 Å². The van der Waals surface area contributed by atoms with Crippen LogP contribution in [0, 0.1) is 0 Å². The zero-order valence-electron chi connectivity index (χ0n) is 24.3. The van der Waals surface area contributed by atoms with Crippen molar-refractivity contribution in [1.82, 2.24) is 9.13 Å². The van der Waals surface area contributed by atoms with E-state index in [0.717, 1.165) is 0 Å². The predicted molar refractivity (Wildman–Crippen MR) is 181 cm³/mol. The first-order valence-electron chi connectivity index (χ1n) is 15.0. The van der Waals surface area contributed by atoms with Crippen LogP contribution in [-0.2, 0) is 5.41 Å². The van der Waals surface area contributed by atoms with Crippen molar-refractivity contribution in [2.45, 2.75) is 19.3 Å². The van der Waals surface area contributed by atoms with E-state index in [0.29, 0.717) is 0 Å². The summed E-state index contributed by atoms with van der Waals surface area (Å²) in [7, 11) is 0. The third-order valence-electron chi connectivity index (χ3n) is 9.58. The topological polar surface area (TPSA) is 9.86 Å². The summed E-state index contributed by atoms with van der Waals surface area (Å²) < 4.78 is 4.70. The van der Waals surface area contributed by atoms with Crippen molar-refractivity contribution in [3.05, 3.63) is 157 Å². The maximum absolute atomic E-state index is 2.41. The third-order valence-corrected chi connectivity index (χ3v) is 9.58. The van der Waals surface area contributed by atoms with E-state index in [1.54, 1.807) is 0 Å². The van der Waals surface area contributed by atoms with Crippen LogP contribution in [0.2, 0.25) is 0 Å². The summed E-state index contributed by atoms with van der Waals surface area (Å²) in [6.45, 7) is 4.69. The number of hydrogen-bond acceptors (Lipinski definition) is 0. The van der Waals surface area contributed by atoms with Gasteiger partial charge in [0.1, 0.15) is 0 Å². The molecule has 2 heterocycles. The molecule has 43 heavy (non-hydrogen) atoms. The molecule has 0 aliphatic heterocycles. The summed E-state index contributed by atoms with van der Waals surface area (Å²) in [5.74, 6) is 0. The van der Waals surface area contributed by atoms with E-state index >= 15 is 0 Å². The molecular weight excluding hydrogens is 520 g/mol. The molecule has 6 aromatic carbocycles. The highest BCUT2D eigenvalue weighted by atomic mass is 15.0. The van der Waals surface area contributed by atoms with Crippen LogP contribution >= 0.6 is 0 Å². The van der Waals surface area contributed by atoms with Crippen LogP contribution in [-0.4, -0.2) is 9.13 Å². The Balaban J connectivity index is 1.17. The molecule has 8 aromatic rings. The van der Waals surface area contributed by atoms with Gasteiger partial charge in [0, 0.05) is 39.1 Å². The summed E-state index contributed by atoms with van der Waals surface area (Å²) in [4.78, 5) is 0. The van der Waals surface area contributed by atoms with Gasteiger partial charge >= 0.3 is 0 Å². The van der Waals surface area contributed by atoms with E-state index in [4.69, 9.17) is 0 Å². The molecule has 0 fully saturated rings. The summed E-state index contributed by atoms with van der Waals surface area (Å²) in [6.07, 6.45) is 2.19. The van der Waals surface area contributed by atoms with Gasteiger partial charge in [-0.2, -0.15) is 0 Å². The fourth-order valence-electron chi connectivity index (χ4n) is 7.46. The second kappa shape index (κ2) is 8.83. The van der Waals surface area contributed by atoms with Gasteiger partial charge in [-0.25, -0.2) is 0 Å². The monoisotopic (exact) mass is 550 g/mol. The molecule has 2 heteroatoms. The SMILES string of the molecule is CC1(C)c2ccccc2-c2ccc(-c3ccc(-n4c5ccccc5c5c6ccn(-c7ccccc7)c6ccc54)cc3)cc21. The van der Waals surface area contributed by atoms with Crippen LogP contribution in [0.15, 0.2) is 146 Å². The Morgan fingerprint density at radius 2 is 1.14 bits per heavy atom.